The number of aryl methyl sites for hydroxylation is 2. The second-order valence-corrected chi connectivity index (χ2v) is 9.28. The number of nitrogens with zero attached hydrogens (tertiary/aromatic N) is 2. The fourth-order valence-electron chi connectivity index (χ4n) is 2.64. The number of esters is 1. The molecule has 0 radical (unpaired) electrons. The van der Waals surface area contributed by atoms with E-state index in [9.17, 15) is 4.79 Å². The molecule has 0 amide bonds. The Morgan fingerprint density at radius 3 is 2.67 bits per heavy atom. The number of carbonyl (C=O) groups excluding carboxylic acids is 1. The van der Waals surface area contributed by atoms with Crippen LogP contribution in [0.3, 0.4) is 0 Å². The highest BCUT2D eigenvalue weighted by atomic mass is 32.2. The summed E-state index contributed by atoms with van der Waals surface area (Å²) in [7, 11) is 0. The number of thiophene rings is 1. The zero-order valence-corrected chi connectivity index (χ0v) is 17.9. The lowest BCUT2D eigenvalue weighted by molar-refractivity contribution is -0.143. The van der Waals surface area contributed by atoms with Gasteiger partial charge in [-0.3, -0.25) is 4.79 Å². The first kappa shape index (κ1) is 19.8. The standard InChI is InChI=1S/C21H24N2O2S2/c1-12(2)9-25-21(24)15(5)27-20-18-17(10-26-19(18)22-11-23-20)16-7-6-13(3)14(4)8-16/h6-8,10-12,15H,9H2,1-5H3. The molecule has 0 saturated heterocycles. The van der Waals surface area contributed by atoms with Crippen molar-refractivity contribution in [2.45, 2.75) is 44.9 Å². The highest BCUT2D eigenvalue weighted by Crippen LogP contribution is 2.39. The van der Waals surface area contributed by atoms with Gasteiger partial charge in [0.15, 0.2) is 0 Å². The van der Waals surface area contributed by atoms with Gasteiger partial charge in [-0.2, -0.15) is 0 Å². The number of carbonyl (C=O) groups is 1. The predicted octanol–water partition coefficient (Wildman–Crippen LogP) is 5.65. The Kier molecular flexibility index (Phi) is 6.17. The van der Waals surface area contributed by atoms with Gasteiger partial charge in [0.25, 0.3) is 0 Å². The molecule has 0 aliphatic carbocycles. The lowest BCUT2D eigenvalue weighted by Gasteiger charge is -2.13. The van der Waals surface area contributed by atoms with Gasteiger partial charge in [0, 0.05) is 10.9 Å². The van der Waals surface area contributed by atoms with Crippen molar-refractivity contribution in [3.63, 3.8) is 0 Å². The Balaban J connectivity index is 1.93. The Morgan fingerprint density at radius 2 is 1.96 bits per heavy atom. The van der Waals surface area contributed by atoms with Crippen LogP contribution >= 0.6 is 23.1 Å². The van der Waals surface area contributed by atoms with Crippen molar-refractivity contribution >= 4 is 39.3 Å². The van der Waals surface area contributed by atoms with Gasteiger partial charge in [-0.1, -0.05) is 43.8 Å². The van der Waals surface area contributed by atoms with Crippen molar-refractivity contribution in [1.82, 2.24) is 9.97 Å². The summed E-state index contributed by atoms with van der Waals surface area (Å²) < 4.78 is 5.37. The molecule has 0 bridgehead atoms. The molecule has 4 nitrogen and oxygen atoms in total. The maximum atomic E-state index is 12.3. The summed E-state index contributed by atoms with van der Waals surface area (Å²) in [6.07, 6.45) is 1.57. The topological polar surface area (TPSA) is 52.1 Å². The van der Waals surface area contributed by atoms with Gasteiger partial charge in [0.2, 0.25) is 0 Å². The minimum atomic E-state index is -0.325. The SMILES string of the molecule is Cc1ccc(-c2csc3ncnc(SC(C)C(=O)OCC(C)C)c23)cc1C. The van der Waals surface area contributed by atoms with Crippen molar-refractivity contribution in [3.8, 4) is 11.1 Å². The van der Waals surface area contributed by atoms with Crippen molar-refractivity contribution in [3.05, 3.63) is 41.0 Å². The smallest absolute Gasteiger partial charge is 0.319 e. The summed E-state index contributed by atoms with van der Waals surface area (Å²) in [4.78, 5) is 22.1. The lowest BCUT2D eigenvalue weighted by Crippen LogP contribution is -2.19. The summed E-state index contributed by atoms with van der Waals surface area (Å²) in [5, 5.41) is 3.63. The van der Waals surface area contributed by atoms with Gasteiger partial charge < -0.3 is 4.74 Å². The van der Waals surface area contributed by atoms with Crippen molar-refractivity contribution < 1.29 is 9.53 Å². The number of benzene rings is 1. The summed E-state index contributed by atoms with van der Waals surface area (Å²) >= 11 is 3.04. The van der Waals surface area contributed by atoms with E-state index in [-0.39, 0.29) is 11.2 Å². The van der Waals surface area contributed by atoms with Gasteiger partial charge in [0.1, 0.15) is 21.4 Å². The van der Waals surface area contributed by atoms with Crippen molar-refractivity contribution in [1.29, 1.82) is 0 Å². The van der Waals surface area contributed by atoms with Crippen LogP contribution in [-0.4, -0.2) is 27.8 Å². The molecule has 0 fully saturated rings. The number of rotatable bonds is 6. The van der Waals surface area contributed by atoms with Crippen LogP contribution in [0, 0.1) is 19.8 Å². The maximum Gasteiger partial charge on any atom is 0.319 e. The van der Waals surface area contributed by atoms with Crippen LogP contribution in [0.1, 0.15) is 31.9 Å². The monoisotopic (exact) mass is 400 g/mol. The lowest BCUT2D eigenvalue weighted by atomic mass is 10.0. The van der Waals surface area contributed by atoms with Gasteiger partial charge in [0.05, 0.1) is 12.0 Å². The molecule has 3 rings (SSSR count). The molecule has 142 valence electrons. The fourth-order valence-corrected chi connectivity index (χ4v) is 4.55. The first-order chi connectivity index (χ1) is 12.9. The molecular formula is C21H24N2O2S2. The van der Waals surface area contributed by atoms with Crippen LogP contribution in [0.2, 0.25) is 0 Å². The molecular weight excluding hydrogens is 376 g/mol. The zero-order valence-electron chi connectivity index (χ0n) is 16.3. The Hall–Kier alpha value is -1.92. The van der Waals surface area contributed by atoms with Gasteiger partial charge >= 0.3 is 5.97 Å². The van der Waals surface area contributed by atoms with Crippen LogP contribution in [0.5, 0.6) is 0 Å². The Labute approximate surface area is 168 Å². The summed E-state index contributed by atoms with van der Waals surface area (Å²) in [6.45, 7) is 10.6. The molecule has 1 atom stereocenters. The van der Waals surface area contributed by atoms with Crippen LogP contribution in [0.4, 0.5) is 0 Å². The molecule has 27 heavy (non-hydrogen) atoms. The van der Waals surface area contributed by atoms with Gasteiger partial charge in [-0.25, -0.2) is 9.97 Å². The van der Waals surface area contributed by atoms with E-state index in [1.165, 1.54) is 22.9 Å². The average Bonchev–Trinajstić information content (AvgIpc) is 3.07. The Bertz CT molecular complexity index is 966. The molecule has 3 aromatic rings. The minimum Gasteiger partial charge on any atom is -0.465 e. The molecule has 1 aromatic carbocycles. The zero-order chi connectivity index (χ0) is 19.6. The molecule has 0 aliphatic heterocycles. The van der Waals surface area contributed by atoms with E-state index in [2.05, 4.69) is 47.4 Å². The molecule has 1 unspecified atom stereocenters. The van der Waals surface area contributed by atoms with E-state index < -0.39 is 0 Å². The highest BCUT2D eigenvalue weighted by molar-refractivity contribution is 8.00. The van der Waals surface area contributed by atoms with E-state index in [0.717, 1.165) is 26.4 Å². The normalized spacial score (nSPS) is 12.5. The maximum absolute atomic E-state index is 12.3. The number of aromatic nitrogens is 2. The third-order valence-corrected chi connectivity index (χ3v) is 6.30. The first-order valence-electron chi connectivity index (χ1n) is 9.00. The van der Waals surface area contributed by atoms with E-state index >= 15 is 0 Å². The number of fused-ring (bicyclic) bond motifs is 1. The summed E-state index contributed by atoms with van der Waals surface area (Å²) in [5.41, 5.74) is 4.79. The summed E-state index contributed by atoms with van der Waals surface area (Å²) in [6, 6.07) is 6.46. The number of thioether (sulfide) groups is 1. The van der Waals surface area contributed by atoms with Crippen LogP contribution in [-0.2, 0) is 9.53 Å². The molecule has 6 heteroatoms. The van der Waals surface area contributed by atoms with Gasteiger partial charge in [-0.15, -0.1) is 11.3 Å². The number of hydrogen-bond acceptors (Lipinski definition) is 6. The van der Waals surface area contributed by atoms with E-state index in [4.69, 9.17) is 4.74 Å². The van der Waals surface area contributed by atoms with Crippen molar-refractivity contribution in [2.75, 3.05) is 6.61 Å². The Morgan fingerprint density at radius 1 is 1.19 bits per heavy atom. The minimum absolute atomic E-state index is 0.205. The predicted molar refractivity (Wildman–Crippen MR) is 113 cm³/mol. The molecule has 2 heterocycles. The third kappa shape index (κ3) is 4.50. The van der Waals surface area contributed by atoms with Crippen LogP contribution in [0.25, 0.3) is 21.3 Å². The number of hydrogen-bond donors (Lipinski definition) is 0. The fraction of sp³-hybridized carbons (Fsp3) is 0.381. The largest absolute Gasteiger partial charge is 0.465 e. The van der Waals surface area contributed by atoms with E-state index in [0.29, 0.717) is 12.5 Å². The molecule has 2 aromatic heterocycles. The molecule has 0 aliphatic rings. The van der Waals surface area contributed by atoms with Crippen molar-refractivity contribution in [2.24, 2.45) is 5.92 Å². The second kappa shape index (κ2) is 8.40. The first-order valence-corrected chi connectivity index (χ1v) is 10.8. The van der Waals surface area contributed by atoms with Crippen LogP contribution < -0.4 is 0 Å². The highest BCUT2D eigenvalue weighted by Gasteiger charge is 2.21. The van der Waals surface area contributed by atoms with Crippen LogP contribution in [0.15, 0.2) is 34.9 Å². The molecule has 0 saturated carbocycles. The number of ether oxygens (including phenoxy) is 1. The average molecular weight is 401 g/mol. The summed E-state index contributed by atoms with van der Waals surface area (Å²) in [5.74, 6) is 0.119. The second-order valence-electron chi connectivity index (χ2n) is 7.09. The van der Waals surface area contributed by atoms with E-state index in [1.54, 1.807) is 17.7 Å². The third-order valence-electron chi connectivity index (χ3n) is 4.33. The molecule has 0 N–H and O–H groups in total. The quantitative estimate of drug-likeness (QED) is 0.304. The van der Waals surface area contributed by atoms with Gasteiger partial charge in [-0.05, 0) is 43.4 Å². The van der Waals surface area contributed by atoms with E-state index in [1.807, 2.05) is 20.8 Å². The molecule has 0 spiro atoms.